The van der Waals surface area contributed by atoms with Gasteiger partial charge in [0.05, 0.1) is 24.8 Å². The number of nitrogens with zero attached hydrogens (tertiary/aromatic N) is 3. The summed E-state index contributed by atoms with van der Waals surface area (Å²) in [5.74, 6) is 2.67. The molecule has 1 unspecified atom stereocenters. The predicted molar refractivity (Wildman–Crippen MR) is 156 cm³/mol. The Hall–Kier alpha value is -3.58. The molecule has 0 saturated carbocycles. The van der Waals surface area contributed by atoms with Crippen molar-refractivity contribution in [3.63, 3.8) is 0 Å². The molecule has 0 spiro atoms. The Morgan fingerprint density at radius 2 is 1.87 bits per heavy atom. The van der Waals surface area contributed by atoms with E-state index < -0.39 is 0 Å². The SMILES string of the molecule is C/C=C/c1ccc(OCCCCn2c(C3CC(=O)N(c4ccc(Br)cc4)C3)nc3ccccc32)c(OC)c1. The molecule has 0 bridgehead atoms. The highest BCUT2D eigenvalue weighted by Crippen LogP contribution is 2.34. The predicted octanol–water partition coefficient (Wildman–Crippen LogP) is 7.22. The highest BCUT2D eigenvalue weighted by Gasteiger charge is 2.34. The Bertz CT molecular complexity index is 1440. The number of rotatable bonds is 10. The molecule has 0 N–H and O–H groups in total. The molecule has 5 rings (SSSR count). The minimum Gasteiger partial charge on any atom is -0.493 e. The fraction of sp³-hybridized carbons (Fsp3) is 0.290. The molecule has 1 aliphatic heterocycles. The van der Waals surface area contributed by atoms with Crippen LogP contribution in [0.3, 0.4) is 0 Å². The number of aromatic nitrogens is 2. The summed E-state index contributed by atoms with van der Waals surface area (Å²) in [6.07, 6.45) is 6.33. The van der Waals surface area contributed by atoms with Gasteiger partial charge in [0.1, 0.15) is 5.82 Å². The maximum absolute atomic E-state index is 13.0. The number of ether oxygens (including phenoxy) is 2. The number of anilines is 1. The molecular formula is C31H32BrN3O3. The van der Waals surface area contributed by atoms with Crippen LogP contribution in [0.2, 0.25) is 0 Å². The first-order valence-corrected chi connectivity index (χ1v) is 13.8. The fourth-order valence-corrected chi connectivity index (χ4v) is 5.31. The average molecular weight is 575 g/mol. The highest BCUT2D eigenvalue weighted by atomic mass is 79.9. The summed E-state index contributed by atoms with van der Waals surface area (Å²) in [6, 6.07) is 22.1. The van der Waals surface area contributed by atoms with E-state index in [9.17, 15) is 4.79 Å². The van der Waals surface area contributed by atoms with Gasteiger partial charge < -0.3 is 18.9 Å². The van der Waals surface area contributed by atoms with E-state index >= 15 is 0 Å². The van der Waals surface area contributed by atoms with Gasteiger partial charge in [-0.15, -0.1) is 0 Å². The summed E-state index contributed by atoms with van der Waals surface area (Å²) in [4.78, 5) is 19.8. The molecule has 1 atom stereocenters. The van der Waals surface area contributed by atoms with Crippen LogP contribution in [0.25, 0.3) is 17.1 Å². The summed E-state index contributed by atoms with van der Waals surface area (Å²) in [5, 5.41) is 0. The zero-order chi connectivity index (χ0) is 26.5. The molecule has 7 heteroatoms. The third-order valence-electron chi connectivity index (χ3n) is 6.89. The van der Waals surface area contributed by atoms with Gasteiger partial charge in [0, 0.05) is 35.6 Å². The molecule has 6 nitrogen and oxygen atoms in total. The number of carbonyl (C=O) groups excluding carboxylic acids is 1. The molecule has 1 amide bonds. The molecule has 1 aromatic heterocycles. The molecule has 0 aliphatic carbocycles. The van der Waals surface area contributed by atoms with Crippen LogP contribution in [0.5, 0.6) is 11.5 Å². The van der Waals surface area contributed by atoms with Gasteiger partial charge in [-0.3, -0.25) is 4.79 Å². The maximum atomic E-state index is 13.0. The molecule has 2 heterocycles. The second kappa shape index (κ2) is 11.9. The number of hydrogen-bond acceptors (Lipinski definition) is 4. The first-order valence-electron chi connectivity index (χ1n) is 13.0. The normalized spacial score (nSPS) is 15.6. The molecule has 4 aromatic rings. The Morgan fingerprint density at radius 3 is 2.66 bits per heavy atom. The van der Waals surface area contributed by atoms with Gasteiger partial charge in [-0.05, 0) is 73.9 Å². The number of carbonyl (C=O) groups is 1. The lowest BCUT2D eigenvalue weighted by molar-refractivity contribution is -0.117. The first-order chi connectivity index (χ1) is 18.6. The standard InChI is InChI=1S/C31H32BrN3O3/c1-3-8-22-11-16-28(29(19-22)37-2)38-18-7-6-17-34-27-10-5-4-9-26(27)33-31(34)23-20-30(36)35(21-23)25-14-12-24(32)13-15-25/h3-5,8-16,19,23H,6-7,17-18,20-21H2,1-2H3/b8-3+. The van der Waals surface area contributed by atoms with Crippen molar-refractivity contribution in [1.82, 2.24) is 9.55 Å². The van der Waals surface area contributed by atoms with Gasteiger partial charge in [-0.2, -0.15) is 0 Å². The monoisotopic (exact) mass is 573 g/mol. The molecular weight excluding hydrogens is 542 g/mol. The lowest BCUT2D eigenvalue weighted by Gasteiger charge is -2.17. The Labute approximate surface area is 232 Å². The van der Waals surface area contributed by atoms with Crippen LogP contribution >= 0.6 is 15.9 Å². The van der Waals surface area contributed by atoms with E-state index in [0.29, 0.717) is 19.6 Å². The molecule has 196 valence electrons. The van der Waals surface area contributed by atoms with Gasteiger partial charge in [-0.1, -0.05) is 46.3 Å². The van der Waals surface area contributed by atoms with Crippen molar-refractivity contribution in [3.05, 3.63) is 88.7 Å². The van der Waals surface area contributed by atoms with Crippen molar-refractivity contribution in [2.24, 2.45) is 0 Å². The highest BCUT2D eigenvalue weighted by molar-refractivity contribution is 9.10. The van der Waals surface area contributed by atoms with Crippen molar-refractivity contribution in [3.8, 4) is 11.5 Å². The van der Waals surface area contributed by atoms with Crippen LogP contribution in [-0.2, 0) is 11.3 Å². The number of aryl methyl sites for hydroxylation is 1. The molecule has 38 heavy (non-hydrogen) atoms. The van der Waals surface area contributed by atoms with Crippen molar-refractivity contribution < 1.29 is 14.3 Å². The molecule has 1 aliphatic rings. The Balaban J connectivity index is 1.26. The van der Waals surface area contributed by atoms with E-state index in [1.165, 1.54) is 0 Å². The van der Waals surface area contributed by atoms with E-state index in [1.54, 1.807) is 7.11 Å². The van der Waals surface area contributed by atoms with Crippen molar-refractivity contribution in [1.29, 1.82) is 0 Å². The van der Waals surface area contributed by atoms with Crippen LogP contribution < -0.4 is 14.4 Å². The van der Waals surface area contributed by atoms with Gasteiger partial charge in [0.15, 0.2) is 11.5 Å². The molecule has 1 fully saturated rings. The van der Waals surface area contributed by atoms with Gasteiger partial charge in [-0.25, -0.2) is 4.98 Å². The number of halogens is 1. The first kappa shape index (κ1) is 26.0. The second-order valence-electron chi connectivity index (χ2n) is 9.46. The van der Waals surface area contributed by atoms with Crippen LogP contribution in [0, 0.1) is 0 Å². The minimum absolute atomic E-state index is 0.0507. The average Bonchev–Trinajstić information content (AvgIpc) is 3.50. The van der Waals surface area contributed by atoms with E-state index in [0.717, 1.165) is 63.5 Å². The largest absolute Gasteiger partial charge is 0.493 e. The fourth-order valence-electron chi connectivity index (χ4n) is 5.05. The lowest BCUT2D eigenvalue weighted by atomic mass is 10.1. The summed E-state index contributed by atoms with van der Waals surface area (Å²) in [6.45, 7) is 4.05. The Kier molecular flexibility index (Phi) is 8.13. The molecule has 3 aromatic carbocycles. The summed E-state index contributed by atoms with van der Waals surface area (Å²) < 4.78 is 14.9. The van der Waals surface area contributed by atoms with Crippen LogP contribution in [0.1, 0.15) is 43.5 Å². The van der Waals surface area contributed by atoms with Crippen LogP contribution in [0.15, 0.2) is 77.3 Å². The van der Waals surface area contributed by atoms with Crippen molar-refractivity contribution >= 4 is 44.6 Å². The summed E-state index contributed by atoms with van der Waals surface area (Å²) in [7, 11) is 1.67. The zero-order valence-corrected chi connectivity index (χ0v) is 23.4. The number of amides is 1. The summed E-state index contributed by atoms with van der Waals surface area (Å²) >= 11 is 3.48. The third-order valence-corrected chi connectivity index (χ3v) is 7.42. The number of methoxy groups -OCH3 is 1. The van der Waals surface area contributed by atoms with Crippen molar-refractivity contribution in [2.75, 3.05) is 25.2 Å². The van der Waals surface area contributed by atoms with Crippen LogP contribution in [-0.4, -0.2) is 35.7 Å². The van der Waals surface area contributed by atoms with E-state index in [1.807, 2.05) is 84.6 Å². The topological polar surface area (TPSA) is 56.6 Å². The number of imidazole rings is 1. The van der Waals surface area contributed by atoms with Crippen LogP contribution in [0.4, 0.5) is 5.69 Å². The number of hydrogen-bond donors (Lipinski definition) is 0. The van der Waals surface area contributed by atoms with Gasteiger partial charge >= 0.3 is 0 Å². The van der Waals surface area contributed by atoms with Gasteiger partial charge in [0.2, 0.25) is 5.91 Å². The van der Waals surface area contributed by atoms with E-state index in [2.05, 4.69) is 26.6 Å². The van der Waals surface area contributed by atoms with E-state index in [4.69, 9.17) is 14.5 Å². The maximum Gasteiger partial charge on any atom is 0.227 e. The molecule has 1 saturated heterocycles. The third kappa shape index (κ3) is 5.63. The van der Waals surface area contributed by atoms with Gasteiger partial charge in [0.25, 0.3) is 0 Å². The number of unbranched alkanes of at least 4 members (excludes halogenated alkanes) is 1. The zero-order valence-electron chi connectivity index (χ0n) is 21.8. The second-order valence-corrected chi connectivity index (χ2v) is 10.4. The van der Waals surface area contributed by atoms with Crippen molar-refractivity contribution in [2.45, 2.75) is 38.6 Å². The minimum atomic E-state index is 0.0507. The quantitative estimate of drug-likeness (QED) is 0.188. The smallest absolute Gasteiger partial charge is 0.227 e. The van der Waals surface area contributed by atoms with E-state index in [-0.39, 0.29) is 11.8 Å². The molecule has 0 radical (unpaired) electrons. The number of allylic oxidation sites excluding steroid dienone is 1. The number of para-hydroxylation sites is 2. The number of benzene rings is 3. The Morgan fingerprint density at radius 1 is 1.05 bits per heavy atom. The number of fused-ring (bicyclic) bond motifs is 1. The summed E-state index contributed by atoms with van der Waals surface area (Å²) in [5.41, 5.74) is 4.09. The lowest BCUT2D eigenvalue weighted by Crippen LogP contribution is -2.24.